The Labute approximate surface area is 202 Å². The van der Waals surface area contributed by atoms with Gasteiger partial charge in [0, 0.05) is 5.41 Å². The van der Waals surface area contributed by atoms with Gasteiger partial charge in [-0.05, 0) is 110 Å². The molecular weight excluding hydrogens is 408 g/mol. The molecule has 3 nitrogen and oxygen atoms in total. The van der Waals surface area contributed by atoms with Crippen LogP contribution in [0.2, 0.25) is 0 Å². The summed E-state index contributed by atoms with van der Waals surface area (Å²) in [5.74, 6) is 1.30. The topological polar surface area (TPSA) is 46.5 Å². The van der Waals surface area contributed by atoms with Crippen LogP contribution >= 0.6 is 0 Å². The van der Waals surface area contributed by atoms with E-state index in [1.165, 1.54) is 51.4 Å². The van der Waals surface area contributed by atoms with Crippen molar-refractivity contribution in [2.75, 3.05) is 0 Å². The van der Waals surface area contributed by atoms with Crippen LogP contribution in [-0.2, 0) is 9.53 Å². The van der Waals surface area contributed by atoms with Crippen LogP contribution in [0.3, 0.4) is 0 Å². The molecule has 1 N–H and O–H groups in total. The molecule has 4 aliphatic carbocycles. The maximum atomic E-state index is 12.5. The number of ether oxygens (including phenoxy) is 1. The number of esters is 1. The number of aliphatic hydroxyl groups is 1. The molecule has 0 bridgehead atoms. The van der Waals surface area contributed by atoms with Crippen molar-refractivity contribution in [1.82, 2.24) is 0 Å². The molecule has 3 heteroatoms. The van der Waals surface area contributed by atoms with Crippen molar-refractivity contribution >= 4 is 5.97 Å². The van der Waals surface area contributed by atoms with Crippen LogP contribution in [0.15, 0.2) is 0 Å². The number of aliphatic hydroxyl groups excluding tert-OH is 1. The number of rotatable bonds is 0. The lowest BCUT2D eigenvalue weighted by atomic mass is 9.30. The molecule has 1 heterocycles. The summed E-state index contributed by atoms with van der Waals surface area (Å²) >= 11 is 0. The summed E-state index contributed by atoms with van der Waals surface area (Å²) in [6, 6.07) is 0. The number of hydrogen-bond acceptors (Lipinski definition) is 3. The van der Waals surface area contributed by atoms with E-state index in [0.29, 0.717) is 27.6 Å². The Kier molecular flexibility index (Phi) is 5.13. The zero-order chi connectivity index (χ0) is 24.2. The second-order valence-electron chi connectivity index (χ2n) is 15.4. The molecule has 0 aromatic carbocycles. The van der Waals surface area contributed by atoms with Gasteiger partial charge in [0.25, 0.3) is 0 Å². The third-order valence-electron chi connectivity index (χ3n) is 13.4. The molecule has 188 valence electrons. The molecule has 0 amide bonds. The number of carbonyl (C=O) groups is 1. The summed E-state index contributed by atoms with van der Waals surface area (Å²) in [6.45, 7) is 19.8. The Morgan fingerprint density at radius 2 is 1.39 bits per heavy atom. The number of cyclic esters (lactones) is 1. The SMILES string of the molecule is C[C@H]1OC(=O)C[C@@H](O)[C@@H]2[C@]1(C)CC[C@H]1[C@@]2(C)CC[C@@]2(C)[C@@H]3CC(C)(C)CC[C@]3(C)CC[C@]12C. The minimum atomic E-state index is -0.587. The largest absolute Gasteiger partial charge is 0.462 e. The number of carbonyl (C=O) groups excluding carboxylic acids is 1. The monoisotopic (exact) mass is 458 g/mol. The first kappa shape index (κ1) is 24.1. The minimum Gasteiger partial charge on any atom is -0.462 e. The van der Waals surface area contributed by atoms with E-state index in [1.54, 1.807) is 0 Å². The van der Waals surface area contributed by atoms with Crippen molar-refractivity contribution in [3.63, 3.8) is 0 Å². The van der Waals surface area contributed by atoms with Gasteiger partial charge in [-0.2, -0.15) is 0 Å². The van der Waals surface area contributed by atoms with E-state index in [1.807, 2.05) is 0 Å². The maximum Gasteiger partial charge on any atom is 0.308 e. The lowest BCUT2D eigenvalue weighted by molar-refractivity contribution is -0.264. The predicted octanol–water partition coefficient (Wildman–Crippen LogP) is 7.15. The average molecular weight is 459 g/mol. The fourth-order valence-electron chi connectivity index (χ4n) is 11.1. The smallest absolute Gasteiger partial charge is 0.308 e. The first-order chi connectivity index (χ1) is 15.1. The molecule has 0 aromatic heterocycles. The lowest BCUT2D eigenvalue weighted by Gasteiger charge is -2.74. The van der Waals surface area contributed by atoms with E-state index < -0.39 is 6.10 Å². The molecule has 5 rings (SSSR count). The van der Waals surface area contributed by atoms with Gasteiger partial charge in [0.05, 0.1) is 12.5 Å². The lowest BCUT2D eigenvalue weighted by Crippen LogP contribution is -2.68. The summed E-state index contributed by atoms with van der Waals surface area (Å²) in [7, 11) is 0. The highest BCUT2D eigenvalue weighted by Gasteiger charge is 2.71. The van der Waals surface area contributed by atoms with E-state index in [4.69, 9.17) is 4.74 Å². The van der Waals surface area contributed by atoms with Crippen molar-refractivity contribution in [1.29, 1.82) is 0 Å². The summed E-state index contributed by atoms with van der Waals surface area (Å²) in [4.78, 5) is 12.5. The summed E-state index contributed by atoms with van der Waals surface area (Å²) in [5, 5.41) is 11.5. The molecule has 1 aliphatic heterocycles. The number of fused-ring (bicyclic) bond motifs is 7. The van der Waals surface area contributed by atoms with Crippen molar-refractivity contribution in [2.45, 2.75) is 132 Å². The number of hydrogen-bond donors (Lipinski definition) is 1. The highest BCUT2D eigenvalue weighted by atomic mass is 16.5. The second kappa shape index (κ2) is 7.01. The van der Waals surface area contributed by atoms with Gasteiger partial charge in [-0.1, -0.05) is 48.5 Å². The Bertz CT molecular complexity index is 834. The normalized spacial score (nSPS) is 58.1. The van der Waals surface area contributed by atoms with E-state index >= 15 is 0 Å². The third-order valence-corrected chi connectivity index (χ3v) is 13.4. The molecule has 0 radical (unpaired) electrons. The van der Waals surface area contributed by atoms with Gasteiger partial charge >= 0.3 is 5.97 Å². The molecule has 1 saturated heterocycles. The fraction of sp³-hybridized carbons (Fsp3) is 0.967. The summed E-state index contributed by atoms with van der Waals surface area (Å²) < 4.78 is 5.84. The van der Waals surface area contributed by atoms with Gasteiger partial charge in [0.1, 0.15) is 6.10 Å². The Morgan fingerprint density at radius 1 is 0.788 bits per heavy atom. The zero-order valence-corrected chi connectivity index (χ0v) is 22.7. The van der Waals surface area contributed by atoms with Gasteiger partial charge in [-0.25, -0.2) is 0 Å². The van der Waals surface area contributed by atoms with Crippen LogP contribution in [0, 0.1) is 50.2 Å². The second-order valence-corrected chi connectivity index (χ2v) is 15.4. The Morgan fingerprint density at radius 3 is 2.09 bits per heavy atom. The Hall–Kier alpha value is -0.570. The highest BCUT2D eigenvalue weighted by Crippen LogP contribution is 2.77. The standard InChI is InChI=1S/C30H50O3/c1-19-27(5)10-9-21-28(6,24(27)20(31)17-23(32)33-19)14-16-30(8)22-18-25(2,3)11-12-26(22,4)13-15-29(21,30)7/h19-22,24,31H,9-18H2,1-8H3/t19-,20-,21+,22-,24-,26-,27-,28-,29-,30+/m1/s1. The fourth-order valence-corrected chi connectivity index (χ4v) is 11.1. The summed E-state index contributed by atoms with van der Waals surface area (Å²) in [5.41, 5.74) is 1.49. The van der Waals surface area contributed by atoms with Gasteiger partial charge in [-0.15, -0.1) is 0 Å². The van der Waals surface area contributed by atoms with Crippen LogP contribution in [0.4, 0.5) is 0 Å². The van der Waals surface area contributed by atoms with Crippen molar-refractivity contribution < 1.29 is 14.6 Å². The molecule has 5 aliphatic rings. The molecule has 33 heavy (non-hydrogen) atoms. The minimum absolute atomic E-state index is 0.0564. The van der Waals surface area contributed by atoms with Crippen LogP contribution in [0.25, 0.3) is 0 Å². The van der Waals surface area contributed by atoms with Crippen molar-refractivity contribution in [2.24, 2.45) is 50.2 Å². The van der Waals surface area contributed by atoms with E-state index in [9.17, 15) is 9.90 Å². The van der Waals surface area contributed by atoms with Gasteiger partial charge in [-0.3, -0.25) is 4.79 Å². The summed E-state index contributed by atoms with van der Waals surface area (Å²) in [6.07, 6.45) is 10.9. The van der Waals surface area contributed by atoms with Gasteiger partial charge in [0.15, 0.2) is 0 Å². The first-order valence-electron chi connectivity index (χ1n) is 14.0. The Balaban J connectivity index is 1.57. The predicted molar refractivity (Wildman–Crippen MR) is 133 cm³/mol. The van der Waals surface area contributed by atoms with E-state index in [2.05, 4.69) is 55.4 Å². The molecule has 0 spiro atoms. The molecular formula is C30H50O3. The quantitative estimate of drug-likeness (QED) is 0.392. The van der Waals surface area contributed by atoms with Crippen LogP contribution in [0.1, 0.15) is 120 Å². The van der Waals surface area contributed by atoms with Crippen LogP contribution in [0.5, 0.6) is 0 Å². The maximum absolute atomic E-state index is 12.5. The van der Waals surface area contributed by atoms with Crippen LogP contribution in [-0.4, -0.2) is 23.3 Å². The van der Waals surface area contributed by atoms with Gasteiger partial charge < -0.3 is 9.84 Å². The van der Waals surface area contributed by atoms with E-state index in [-0.39, 0.29) is 35.2 Å². The molecule has 4 saturated carbocycles. The molecule has 10 atom stereocenters. The zero-order valence-electron chi connectivity index (χ0n) is 22.7. The van der Waals surface area contributed by atoms with Crippen molar-refractivity contribution in [3.05, 3.63) is 0 Å². The van der Waals surface area contributed by atoms with Crippen LogP contribution < -0.4 is 0 Å². The van der Waals surface area contributed by atoms with Gasteiger partial charge in [0.2, 0.25) is 0 Å². The van der Waals surface area contributed by atoms with Crippen molar-refractivity contribution in [3.8, 4) is 0 Å². The highest BCUT2D eigenvalue weighted by molar-refractivity contribution is 5.70. The molecule has 5 fully saturated rings. The molecule has 0 unspecified atom stereocenters. The third kappa shape index (κ3) is 3.05. The molecule has 0 aromatic rings. The van der Waals surface area contributed by atoms with E-state index in [0.717, 1.165) is 12.3 Å². The average Bonchev–Trinajstić information content (AvgIpc) is 2.79. The first-order valence-corrected chi connectivity index (χ1v) is 14.0.